The Morgan fingerprint density at radius 2 is 1.56 bits per heavy atom. The van der Waals surface area contributed by atoms with Gasteiger partial charge < -0.3 is 20.9 Å². The molecule has 2 fully saturated rings. The minimum Gasteiger partial charge on any atom is -0.365 e. The number of nitrogens with zero attached hydrogens (tertiary/aromatic N) is 4. The Bertz CT molecular complexity index is 1260. The first-order valence-electron chi connectivity index (χ1n) is 13.0. The van der Waals surface area contributed by atoms with Crippen LogP contribution in [-0.4, -0.2) is 52.1 Å². The average Bonchev–Trinajstić information content (AvgIpc) is 3.30. The van der Waals surface area contributed by atoms with E-state index in [0.29, 0.717) is 16.9 Å². The summed E-state index contributed by atoms with van der Waals surface area (Å²) in [5, 5.41) is 7.12. The van der Waals surface area contributed by atoms with Crippen LogP contribution < -0.4 is 21.1 Å². The summed E-state index contributed by atoms with van der Waals surface area (Å²) in [7, 11) is -3.51. The molecule has 2 heterocycles. The molecule has 2 aliphatic rings. The third-order valence-electron chi connectivity index (χ3n) is 7.35. The zero-order valence-corrected chi connectivity index (χ0v) is 21.5. The van der Waals surface area contributed by atoms with Crippen molar-refractivity contribution in [1.82, 2.24) is 24.2 Å². The number of hydrogen-bond acceptors (Lipinski definition) is 8. The highest BCUT2D eigenvalue weighted by atomic mass is 32.2. The van der Waals surface area contributed by atoms with Crippen molar-refractivity contribution in [3.63, 3.8) is 0 Å². The van der Waals surface area contributed by atoms with E-state index in [1.54, 1.807) is 24.3 Å². The first-order valence-corrected chi connectivity index (χ1v) is 14.5. The maximum atomic E-state index is 12.7. The molecule has 36 heavy (non-hydrogen) atoms. The molecule has 10 nitrogen and oxygen atoms in total. The number of nitrogens with two attached hydrogens (primary N) is 1. The Labute approximate surface area is 212 Å². The molecule has 5 rings (SSSR count). The molecule has 1 aromatic carbocycles. The van der Waals surface area contributed by atoms with E-state index in [4.69, 9.17) is 15.7 Å². The zero-order chi connectivity index (χ0) is 25.1. The Kier molecular flexibility index (Phi) is 7.40. The summed E-state index contributed by atoms with van der Waals surface area (Å²) in [4.78, 5) is 14.5. The summed E-state index contributed by atoms with van der Waals surface area (Å²) in [6.45, 7) is 2.85. The Balaban J connectivity index is 1.26. The Morgan fingerprint density at radius 1 is 0.917 bits per heavy atom. The van der Waals surface area contributed by atoms with Gasteiger partial charge in [-0.1, -0.05) is 18.2 Å². The van der Waals surface area contributed by atoms with E-state index in [-0.39, 0.29) is 18.1 Å². The van der Waals surface area contributed by atoms with Crippen molar-refractivity contribution in [3.05, 3.63) is 36.7 Å². The quantitative estimate of drug-likeness (QED) is 0.361. The van der Waals surface area contributed by atoms with Gasteiger partial charge in [-0.2, -0.15) is 9.97 Å². The van der Waals surface area contributed by atoms with E-state index < -0.39 is 10.0 Å². The molecule has 0 bridgehead atoms. The normalized spacial score (nSPS) is 25.1. The molecule has 11 heteroatoms. The maximum absolute atomic E-state index is 12.7. The summed E-state index contributed by atoms with van der Waals surface area (Å²) in [5.74, 6) is 1.35. The molecule has 0 radical (unpaired) electrons. The van der Waals surface area contributed by atoms with E-state index in [1.807, 2.05) is 17.0 Å². The number of imidazole rings is 1. The van der Waals surface area contributed by atoms with E-state index >= 15 is 0 Å². The fraction of sp³-hybridized carbons (Fsp3) is 0.560. The number of sulfonamides is 1. The lowest BCUT2D eigenvalue weighted by atomic mass is 9.92. The average molecular weight is 513 g/mol. The standard InChI is InChI=1S/C25H36N8O2S/c1-2-33-16-27-22-23(30-25(31-24(22)33)29-19-10-8-17(26)9-11-19)28-18-12-14-20(15-13-18)32-36(34,35)21-6-4-3-5-7-21/h3-7,16-20,32H,2,8-15,26H2,1H3,(H2,28,29,30,31). The fourth-order valence-electron chi connectivity index (χ4n) is 5.22. The second-order valence-corrected chi connectivity index (χ2v) is 11.7. The molecule has 5 N–H and O–H groups in total. The lowest BCUT2D eigenvalue weighted by Gasteiger charge is -2.30. The molecular formula is C25H36N8O2S. The summed E-state index contributed by atoms with van der Waals surface area (Å²) in [5.41, 5.74) is 7.65. The molecule has 3 aromatic rings. The fourth-order valence-corrected chi connectivity index (χ4v) is 6.55. The number of aromatic nitrogens is 4. The van der Waals surface area contributed by atoms with Crippen molar-refractivity contribution in [2.24, 2.45) is 5.73 Å². The molecule has 0 atom stereocenters. The third kappa shape index (κ3) is 5.63. The predicted octanol–water partition coefficient (Wildman–Crippen LogP) is 3.23. The van der Waals surface area contributed by atoms with Gasteiger partial charge in [-0.15, -0.1) is 0 Å². The van der Waals surface area contributed by atoms with Crippen LogP contribution in [0.4, 0.5) is 11.8 Å². The summed E-state index contributed by atoms with van der Waals surface area (Å²) in [6, 6.07) is 9.26. The van der Waals surface area contributed by atoms with E-state index in [9.17, 15) is 8.42 Å². The molecule has 0 aliphatic heterocycles. The monoisotopic (exact) mass is 512 g/mol. The molecule has 194 valence electrons. The van der Waals surface area contributed by atoms with Crippen LogP contribution in [0.2, 0.25) is 0 Å². The van der Waals surface area contributed by atoms with Crippen molar-refractivity contribution in [1.29, 1.82) is 0 Å². The number of hydrogen-bond donors (Lipinski definition) is 4. The molecule has 0 saturated heterocycles. The van der Waals surface area contributed by atoms with Gasteiger partial charge in [0, 0.05) is 30.7 Å². The van der Waals surface area contributed by atoms with Crippen LogP contribution in [-0.2, 0) is 16.6 Å². The largest absolute Gasteiger partial charge is 0.365 e. The van der Waals surface area contributed by atoms with E-state index in [2.05, 4.69) is 27.3 Å². The molecule has 0 spiro atoms. The number of rotatable bonds is 8. The number of aryl methyl sites for hydroxylation is 1. The number of anilines is 2. The zero-order valence-electron chi connectivity index (χ0n) is 20.7. The molecule has 2 aliphatic carbocycles. The smallest absolute Gasteiger partial charge is 0.240 e. The van der Waals surface area contributed by atoms with Crippen molar-refractivity contribution in [2.75, 3.05) is 10.6 Å². The van der Waals surface area contributed by atoms with Crippen LogP contribution >= 0.6 is 0 Å². The van der Waals surface area contributed by atoms with Crippen LogP contribution in [0, 0.1) is 0 Å². The first kappa shape index (κ1) is 24.9. The molecule has 0 unspecified atom stereocenters. The van der Waals surface area contributed by atoms with Gasteiger partial charge in [-0.25, -0.2) is 18.1 Å². The van der Waals surface area contributed by atoms with E-state index in [1.165, 1.54) is 0 Å². The molecule has 2 aromatic heterocycles. The lowest BCUT2D eigenvalue weighted by molar-refractivity contribution is 0.387. The van der Waals surface area contributed by atoms with Crippen molar-refractivity contribution in [2.45, 2.75) is 93.9 Å². The molecular weight excluding hydrogens is 476 g/mol. The van der Waals surface area contributed by atoms with Gasteiger partial charge in [0.1, 0.15) is 0 Å². The van der Waals surface area contributed by atoms with Crippen molar-refractivity contribution in [3.8, 4) is 0 Å². The van der Waals surface area contributed by atoms with Gasteiger partial charge in [0.25, 0.3) is 0 Å². The van der Waals surface area contributed by atoms with Gasteiger partial charge in [0.15, 0.2) is 17.0 Å². The second-order valence-electron chi connectivity index (χ2n) is 9.98. The SMILES string of the molecule is CCn1cnc2c(NC3CCC(NS(=O)(=O)c4ccccc4)CC3)nc(NC3CCC(N)CC3)nc21. The van der Waals surface area contributed by atoms with Gasteiger partial charge in [0.05, 0.1) is 11.2 Å². The van der Waals surface area contributed by atoms with Crippen LogP contribution in [0.15, 0.2) is 41.6 Å². The van der Waals surface area contributed by atoms with Crippen LogP contribution in [0.1, 0.15) is 58.3 Å². The molecule has 0 amide bonds. The number of benzene rings is 1. The summed E-state index contributed by atoms with van der Waals surface area (Å²) < 4.78 is 30.3. The highest BCUT2D eigenvalue weighted by Crippen LogP contribution is 2.28. The number of nitrogens with one attached hydrogen (secondary N) is 3. The first-order chi connectivity index (χ1) is 17.4. The third-order valence-corrected chi connectivity index (χ3v) is 8.89. The van der Waals surface area contributed by atoms with Crippen LogP contribution in [0.25, 0.3) is 11.2 Å². The van der Waals surface area contributed by atoms with Gasteiger partial charge in [-0.05, 0) is 70.4 Å². The van der Waals surface area contributed by atoms with Crippen LogP contribution in [0.3, 0.4) is 0 Å². The van der Waals surface area contributed by atoms with Gasteiger partial charge in [-0.3, -0.25) is 0 Å². The predicted molar refractivity (Wildman–Crippen MR) is 141 cm³/mol. The van der Waals surface area contributed by atoms with Crippen molar-refractivity contribution >= 4 is 33.0 Å². The van der Waals surface area contributed by atoms with Crippen LogP contribution in [0.5, 0.6) is 0 Å². The Morgan fingerprint density at radius 3 is 2.25 bits per heavy atom. The highest BCUT2D eigenvalue weighted by molar-refractivity contribution is 7.89. The van der Waals surface area contributed by atoms with Crippen molar-refractivity contribution < 1.29 is 8.42 Å². The maximum Gasteiger partial charge on any atom is 0.240 e. The molecule has 2 saturated carbocycles. The summed E-state index contributed by atoms with van der Waals surface area (Å²) >= 11 is 0. The van der Waals surface area contributed by atoms with Gasteiger partial charge >= 0.3 is 0 Å². The van der Waals surface area contributed by atoms with Gasteiger partial charge in [0.2, 0.25) is 16.0 Å². The minimum absolute atomic E-state index is 0.0760. The summed E-state index contributed by atoms with van der Waals surface area (Å²) in [6.07, 6.45) is 9.05. The second kappa shape index (κ2) is 10.7. The van der Waals surface area contributed by atoms with E-state index in [0.717, 1.165) is 74.9 Å². The number of fused-ring (bicyclic) bond motifs is 1. The Hall–Kier alpha value is -2.76. The highest BCUT2D eigenvalue weighted by Gasteiger charge is 2.27. The minimum atomic E-state index is -3.51. The lowest BCUT2D eigenvalue weighted by Crippen LogP contribution is -2.40. The topological polar surface area (TPSA) is 140 Å².